The Balaban J connectivity index is 1.81. The first-order chi connectivity index (χ1) is 8.15. The minimum atomic E-state index is 0.241. The molecule has 1 aliphatic heterocycles. The van der Waals surface area contributed by atoms with E-state index in [-0.39, 0.29) is 5.41 Å². The summed E-state index contributed by atoms with van der Waals surface area (Å²) >= 11 is 0. The van der Waals surface area contributed by atoms with Crippen molar-refractivity contribution in [3.63, 3.8) is 0 Å². The molecule has 1 N–H and O–H groups in total. The van der Waals surface area contributed by atoms with Crippen molar-refractivity contribution in [2.45, 2.75) is 44.6 Å². The molecule has 0 radical (unpaired) electrons. The van der Waals surface area contributed by atoms with Gasteiger partial charge in [-0.3, -0.25) is 0 Å². The first-order valence-corrected chi connectivity index (χ1v) is 7.15. The summed E-state index contributed by atoms with van der Waals surface area (Å²) in [6.45, 7) is 3.94. The molecule has 0 aromatic rings. The van der Waals surface area contributed by atoms with Gasteiger partial charge in [-0.2, -0.15) is 0 Å². The van der Waals surface area contributed by atoms with E-state index in [1.165, 1.54) is 51.6 Å². The smallest absolute Gasteiger partial charge is 0.0499 e. The van der Waals surface area contributed by atoms with Gasteiger partial charge in [0.25, 0.3) is 0 Å². The monoisotopic (exact) mass is 240 g/mol. The average molecular weight is 240 g/mol. The lowest BCUT2D eigenvalue weighted by Gasteiger charge is -2.39. The van der Waals surface area contributed by atoms with Crippen LogP contribution in [0.2, 0.25) is 0 Å². The van der Waals surface area contributed by atoms with Gasteiger partial charge in [-0.1, -0.05) is 12.8 Å². The summed E-state index contributed by atoms with van der Waals surface area (Å²) in [5.41, 5.74) is 0.241. The van der Waals surface area contributed by atoms with Crippen LogP contribution >= 0.6 is 0 Å². The summed E-state index contributed by atoms with van der Waals surface area (Å²) in [7, 11) is 4.37. The van der Waals surface area contributed by atoms with Crippen LogP contribution in [0.5, 0.6) is 0 Å². The molecule has 1 saturated heterocycles. The quantitative estimate of drug-likeness (QED) is 0.808. The number of aliphatic hydroxyl groups excluding tert-OH is 1. The van der Waals surface area contributed by atoms with Crippen LogP contribution in [0, 0.1) is 5.41 Å². The molecule has 1 aliphatic carbocycles. The lowest BCUT2D eigenvalue weighted by molar-refractivity contribution is 0.0552. The molecule has 100 valence electrons. The first kappa shape index (κ1) is 13.3. The third-order valence-electron chi connectivity index (χ3n) is 4.85. The number of rotatable bonds is 4. The first-order valence-electron chi connectivity index (χ1n) is 7.15. The van der Waals surface area contributed by atoms with Crippen LogP contribution in [0.4, 0.5) is 0 Å². The number of hydrogen-bond donors (Lipinski definition) is 1. The molecule has 3 nitrogen and oxygen atoms in total. The third-order valence-corrected chi connectivity index (χ3v) is 4.85. The van der Waals surface area contributed by atoms with Crippen molar-refractivity contribution in [3.05, 3.63) is 0 Å². The van der Waals surface area contributed by atoms with Crippen LogP contribution in [-0.4, -0.2) is 61.3 Å². The third kappa shape index (κ3) is 3.21. The van der Waals surface area contributed by atoms with Crippen LogP contribution in [0.1, 0.15) is 38.5 Å². The Bertz CT molecular complexity index is 228. The van der Waals surface area contributed by atoms with Crippen molar-refractivity contribution in [2.24, 2.45) is 5.41 Å². The Morgan fingerprint density at radius 2 is 1.76 bits per heavy atom. The zero-order chi connectivity index (χ0) is 12.3. The molecule has 0 aromatic heterocycles. The standard InChI is InChI=1S/C14H28N2O/c1-15(2)13-5-9-16(10-6-13)11-14(12-17)7-3-4-8-14/h13,17H,3-12H2,1-2H3. The SMILES string of the molecule is CN(C)C1CCN(CC2(CO)CCCC2)CC1. The van der Waals surface area contributed by atoms with Gasteiger partial charge in [-0.25, -0.2) is 0 Å². The lowest BCUT2D eigenvalue weighted by atomic mass is 9.86. The highest BCUT2D eigenvalue weighted by Crippen LogP contribution is 2.38. The molecule has 3 heteroatoms. The minimum Gasteiger partial charge on any atom is -0.396 e. The fraction of sp³-hybridized carbons (Fsp3) is 1.00. The molecule has 0 aromatic carbocycles. The minimum absolute atomic E-state index is 0.241. The second-order valence-electron chi connectivity index (χ2n) is 6.34. The van der Waals surface area contributed by atoms with E-state index >= 15 is 0 Å². The Morgan fingerprint density at radius 3 is 2.24 bits per heavy atom. The molecule has 0 atom stereocenters. The molecule has 0 unspecified atom stereocenters. The Morgan fingerprint density at radius 1 is 1.18 bits per heavy atom. The van der Waals surface area contributed by atoms with Crippen molar-refractivity contribution < 1.29 is 5.11 Å². The van der Waals surface area contributed by atoms with Gasteiger partial charge in [0.05, 0.1) is 0 Å². The topological polar surface area (TPSA) is 26.7 Å². The second-order valence-corrected chi connectivity index (χ2v) is 6.34. The number of likely N-dealkylation sites (tertiary alicyclic amines) is 1. The highest BCUT2D eigenvalue weighted by Gasteiger charge is 2.35. The van der Waals surface area contributed by atoms with Crippen LogP contribution in [0.3, 0.4) is 0 Å². The van der Waals surface area contributed by atoms with Crippen molar-refractivity contribution >= 4 is 0 Å². The fourth-order valence-corrected chi connectivity index (χ4v) is 3.56. The van der Waals surface area contributed by atoms with Crippen molar-refractivity contribution in [3.8, 4) is 0 Å². The van der Waals surface area contributed by atoms with E-state index in [9.17, 15) is 5.11 Å². The maximum absolute atomic E-state index is 9.65. The van der Waals surface area contributed by atoms with Crippen LogP contribution in [0.15, 0.2) is 0 Å². The van der Waals surface area contributed by atoms with E-state index in [4.69, 9.17) is 0 Å². The molecular formula is C14H28N2O. The normalized spacial score (nSPS) is 26.8. The summed E-state index contributed by atoms with van der Waals surface area (Å²) in [4.78, 5) is 4.94. The van der Waals surface area contributed by atoms with Gasteiger partial charge >= 0.3 is 0 Å². The van der Waals surface area contributed by atoms with E-state index in [1.54, 1.807) is 0 Å². The van der Waals surface area contributed by atoms with Gasteiger partial charge in [0.2, 0.25) is 0 Å². The van der Waals surface area contributed by atoms with E-state index in [0.717, 1.165) is 12.6 Å². The molecular weight excluding hydrogens is 212 g/mol. The van der Waals surface area contributed by atoms with Crippen LogP contribution < -0.4 is 0 Å². The summed E-state index contributed by atoms with van der Waals surface area (Å²) in [5, 5.41) is 9.65. The summed E-state index contributed by atoms with van der Waals surface area (Å²) in [5.74, 6) is 0. The number of piperidine rings is 1. The fourth-order valence-electron chi connectivity index (χ4n) is 3.56. The molecule has 1 heterocycles. The molecule has 2 aliphatic rings. The molecule has 0 amide bonds. The highest BCUT2D eigenvalue weighted by molar-refractivity contribution is 4.89. The van der Waals surface area contributed by atoms with Gasteiger partial charge in [-0.05, 0) is 52.9 Å². The Kier molecular flexibility index (Phi) is 4.45. The predicted octanol–water partition coefficient (Wildman–Crippen LogP) is 1.57. The highest BCUT2D eigenvalue weighted by atomic mass is 16.3. The van der Waals surface area contributed by atoms with Crippen molar-refractivity contribution in [2.75, 3.05) is 40.3 Å². The molecule has 17 heavy (non-hydrogen) atoms. The molecule has 0 bridgehead atoms. The Labute approximate surface area is 106 Å². The number of aliphatic hydroxyl groups is 1. The van der Waals surface area contributed by atoms with Crippen molar-refractivity contribution in [1.82, 2.24) is 9.80 Å². The zero-order valence-corrected chi connectivity index (χ0v) is 11.5. The van der Waals surface area contributed by atoms with E-state index < -0.39 is 0 Å². The lowest BCUT2D eigenvalue weighted by Crippen LogP contribution is -2.46. The van der Waals surface area contributed by atoms with Gasteiger partial charge < -0.3 is 14.9 Å². The van der Waals surface area contributed by atoms with Gasteiger partial charge in [0, 0.05) is 24.6 Å². The van der Waals surface area contributed by atoms with Gasteiger partial charge in [0.1, 0.15) is 0 Å². The molecule has 2 rings (SSSR count). The largest absolute Gasteiger partial charge is 0.396 e. The summed E-state index contributed by atoms with van der Waals surface area (Å²) < 4.78 is 0. The average Bonchev–Trinajstić information content (AvgIpc) is 2.79. The van der Waals surface area contributed by atoms with E-state index in [2.05, 4.69) is 23.9 Å². The van der Waals surface area contributed by atoms with Crippen LogP contribution in [-0.2, 0) is 0 Å². The summed E-state index contributed by atoms with van der Waals surface area (Å²) in [6, 6.07) is 0.764. The zero-order valence-electron chi connectivity index (χ0n) is 11.5. The number of hydrogen-bond acceptors (Lipinski definition) is 3. The molecule has 1 saturated carbocycles. The Hall–Kier alpha value is -0.120. The predicted molar refractivity (Wildman–Crippen MR) is 71.1 cm³/mol. The molecule has 2 fully saturated rings. The number of nitrogens with zero attached hydrogens (tertiary/aromatic N) is 2. The summed E-state index contributed by atoms with van der Waals surface area (Å²) in [6.07, 6.45) is 7.67. The maximum atomic E-state index is 9.65. The van der Waals surface area contributed by atoms with Gasteiger partial charge in [0.15, 0.2) is 0 Å². The second kappa shape index (κ2) is 5.68. The maximum Gasteiger partial charge on any atom is 0.0499 e. The van der Waals surface area contributed by atoms with E-state index in [0.29, 0.717) is 6.61 Å². The van der Waals surface area contributed by atoms with Crippen molar-refractivity contribution in [1.29, 1.82) is 0 Å². The van der Waals surface area contributed by atoms with Gasteiger partial charge in [-0.15, -0.1) is 0 Å². The van der Waals surface area contributed by atoms with E-state index in [1.807, 2.05) is 0 Å². The van der Waals surface area contributed by atoms with Crippen LogP contribution in [0.25, 0.3) is 0 Å². The molecule has 0 spiro atoms.